The Morgan fingerprint density at radius 2 is 1.92 bits per heavy atom. The van der Waals surface area contributed by atoms with Gasteiger partial charge in [0.15, 0.2) is 10.8 Å². The first-order valence-electron chi connectivity index (χ1n) is 7.56. The Morgan fingerprint density at radius 1 is 1.16 bits per heavy atom. The lowest BCUT2D eigenvalue weighted by atomic mass is 10.1. The minimum absolute atomic E-state index is 0.234. The molecule has 1 atom stereocenters. The smallest absolute Gasteiger partial charge is 0.331 e. The topological polar surface area (TPSA) is 78.4 Å². The molecule has 0 fully saturated rings. The third kappa shape index (κ3) is 4.45. The number of ether oxygens (including phenoxy) is 1. The minimum atomic E-state index is -0.660. The molecule has 0 aliphatic carbocycles. The summed E-state index contributed by atoms with van der Waals surface area (Å²) in [5, 5.41) is 7.94. The predicted octanol–water partition coefficient (Wildman–Crippen LogP) is 4.72. The summed E-state index contributed by atoms with van der Waals surface area (Å²) in [5.41, 5.74) is 1.95. The second-order valence-corrected chi connectivity index (χ2v) is 6.15. The van der Waals surface area contributed by atoms with Gasteiger partial charge in [0.1, 0.15) is 5.76 Å². The Bertz CT molecular complexity index is 896. The van der Waals surface area contributed by atoms with Crippen LogP contribution in [0.5, 0.6) is 0 Å². The number of esters is 1. The number of carbonyl (C=O) groups excluding carboxylic acids is 1. The molecule has 6 nitrogen and oxygen atoms in total. The molecule has 0 spiro atoms. The first kappa shape index (κ1) is 17.2. The quantitative estimate of drug-likeness (QED) is 0.453. The van der Waals surface area contributed by atoms with Crippen molar-refractivity contribution in [1.29, 1.82) is 0 Å². The normalized spacial score (nSPS) is 12.4. The Labute approximate surface area is 152 Å². The number of furan rings is 1. The monoisotopic (exact) mass is 402 g/mol. The van der Waals surface area contributed by atoms with Crippen LogP contribution < -0.4 is 0 Å². The molecule has 2 heterocycles. The second-order valence-electron chi connectivity index (χ2n) is 5.37. The van der Waals surface area contributed by atoms with Gasteiger partial charge in [-0.25, -0.2) is 4.79 Å². The molecule has 0 aliphatic heterocycles. The van der Waals surface area contributed by atoms with Crippen molar-refractivity contribution in [2.75, 3.05) is 0 Å². The van der Waals surface area contributed by atoms with Crippen LogP contribution in [0, 0.1) is 6.92 Å². The lowest BCUT2D eigenvalue weighted by Gasteiger charge is -2.06. The number of aromatic nitrogens is 2. The molecule has 0 unspecified atom stereocenters. The lowest BCUT2D eigenvalue weighted by Crippen LogP contribution is -2.06. The van der Waals surface area contributed by atoms with E-state index >= 15 is 0 Å². The van der Waals surface area contributed by atoms with Crippen LogP contribution in [0.15, 0.2) is 56.0 Å². The molecule has 0 saturated carbocycles. The van der Waals surface area contributed by atoms with Crippen molar-refractivity contribution in [3.63, 3.8) is 0 Å². The second kappa shape index (κ2) is 7.48. The van der Waals surface area contributed by atoms with Gasteiger partial charge in [-0.15, -0.1) is 10.2 Å². The molecular weight excluding hydrogens is 388 g/mol. The van der Waals surface area contributed by atoms with E-state index in [1.807, 2.05) is 31.2 Å². The Hall–Kier alpha value is -2.67. The first-order chi connectivity index (χ1) is 12.0. The molecule has 3 rings (SSSR count). The van der Waals surface area contributed by atoms with Gasteiger partial charge in [0.2, 0.25) is 5.89 Å². The Kier molecular flexibility index (Phi) is 5.14. The molecule has 3 aromatic rings. The molecule has 0 aliphatic rings. The maximum Gasteiger partial charge on any atom is 0.331 e. The van der Waals surface area contributed by atoms with Crippen molar-refractivity contribution in [2.24, 2.45) is 0 Å². The number of hydrogen-bond acceptors (Lipinski definition) is 6. The molecule has 0 amide bonds. The molecule has 0 N–H and O–H groups in total. The van der Waals surface area contributed by atoms with Gasteiger partial charge in [-0.05, 0) is 60.1 Å². The van der Waals surface area contributed by atoms with Crippen LogP contribution in [0.1, 0.15) is 30.2 Å². The van der Waals surface area contributed by atoms with E-state index in [1.165, 1.54) is 12.2 Å². The van der Waals surface area contributed by atoms with Gasteiger partial charge in [-0.2, -0.15) is 0 Å². The number of nitrogens with zero attached hydrogens (tertiary/aromatic N) is 2. The maximum atomic E-state index is 11.9. The van der Waals surface area contributed by atoms with Crippen molar-refractivity contribution in [1.82, 2.24) is 10.2 Å². The summed E-state index contributed by atoms with van der Waals surface area (Å²) in [7, 11) is 0. The summed E-state index contributed by atoms with van der Waals surface area (Å²) in [5.74, 6) is 0.623. The van der Waals surface area contributed by atoms with Crippen molar-refractivity contribution in [3.05, 3.63) is 64.4 Å². The highest BCUT2D eigenvalue weighted by atomic mass is 79.9. The van der Waals surface area contributed by atoms with Gasteiger partial charge >= 0.3 is 5.97 Å². The van der Waals surface area contributed by atoms with E-state index in [-0.39, 0.29) is 5.89 Å². The zero-order valence-corrected chi connectivity index (χ0v) is 15.2. The van der Waals surface area contributed by atoms with Gasteiger partial charge in [-0.3, -0.25) is 0 Å². The van der Waals surface area contributed by atoms with Gasteiger partial charge in [0.05, 0.1) is 0 Å². The van der Waals surface area contributed by atoms with Crippen LogP contribution in [0.2, 0.25) is 0 Å². The SMILES string of the molecule is Cc1ccc(-c2nnc([C@@H](C)OC(=O)/C=C/c3ccc(Br)o3)o2)cc1. The van der Waals surface area contributed by atoms with E-state index in [1.54, 1.807) is 19.1 Å². The summed E-state index contributed by atoms with van der Waals surface area (Å²) in [4.78, 5) is 11.9. The summed E-state index contributed by atoms with van der Waals surface area (Å²) >= 11 is 3.19. The summed E-state index contributed by atoms with van der Waals surface area (Å²) in [6, 6.07) is 11.2. The molecule has 128 valence electrons. The summed E-state index contributed by atoms with van der Waals surface area (Å²) in [6.07, 6.45) is 2.14. The number of rotatable bonds is 5. The molecule has 25 heavy (non-hydrogen) atoms. The fourth-order valence-electron chi connectivity index (χ4n) is 2.04. The molecule has 2 aromatic heterocycles. The number of aryl methyl sites for hydroxylation is 1. The van der Waals surface area contributed by atoms with E-state index in [4.69, 9.17) is 13.6 Å². The van der Waals surface area contributed by atoms with E-state index in [0.29, 0.717) is 16.3 Å². The highest BCUT2D eigenvalue weighted by Gasteiger charge is 2.18. The maximum absolute atomic E-state index is 11.9. The largest absolute Gasteiger partial charge is 0.450 e. The molecule has 1 aromatic carbocycles. The third-order valence-corrected chi connectivity index (χ3v) is 3.78. The van der Waals surface area contributed by atoms with Crippen LogP contribution in [-0.4, -0.2) is 16.2 Å². The highest BCUT2D eigenvalue weighted by Crippen LogP contribution is 2.23. The predicted molar refractivity (Wildman–Crippen MR) is 94.4 cm³/mol. The van der Waals surface area contributed by atoms with Crippen LogP contribution in [0.25, 0.3) is 17.5 Å². The summed E-state index contributed by atoms with van der Waals surface area (Å²) < 4.78 is 16.7. The van der Waals surface area contributed by atoms with Crippen LogP contribution in [0.4, 0.5) is 0 Å². The average Bonchev–Trinajstić information content (AvgIpc) is 3.23. The summed E-state index contributed by atoms with van der Waals surface area (Å²) in [6.45, 7) is 3.67. The van der Waals surface area contributed by atoms with Crippen LogP contribution in [-0.2, 0) is 9.53 Å². The Morgan fingerprint density at radius 3 is 2.60 bits per heavy atom. The number of halogens is 1. The van der Waals surface area contributed by atoms with Gasteiger partial charge in [-0.1, -0.05) is 17.7 Å². The molecular formula is C18H15BrN2O4. The van der Waals surface area contributed by atoms with Gasteiger partial charge in [0.25, 0.3) is 5.89 Å². The fourth-order valence-corrected chi connectivity index (χ4v) is 2.36. The van der Waals surface area contributed by atoms with E-state index in [0.717, 1.165) is 11.1 Å². The van der Waals surface area contributed by atoms with E-state index < -0.39 is 12.1 Å². The van der Waals surface area contributed by atoms with Crippen molar-refractivity contribution in [3.8, 4) is 11.5 Å². The van der Waals surface area contributed by atoms with Crippen molar-refractivity contribution >= 4 is 28.0 Å². The van der Waals surface area contributed by atoms with Crippen LogP contribution in [0.3, 0.4) is 0 Å². The molecule has 0 bridgehead atoms. The zero-order valence-electron chi connectivity index (χ0n) is 13.6. The van der Waals surface area contributed by atoms with Gasteiger partial charge < -0.3 is 13.6 Å². The number of carbonyl (C=O) groups is 1. The number of benzene rings is 1. The van der Waals surface area contributed by atoms with Gasteiger partial charge in [0, 0.05) is 11.6 Å². The molecule has 0 radical (unpaired) electrons. The third-order valence-electron chi connectivity index (χ3n) is 3.36. The fraction of sp³-hybridized carbons (Fsp3) is 0.167. The van der Waals surface area contributed by atoms with E-state index in [2.05, 4.69) is 26.1 Å². The van der Waals surface area contributed by atoms with Crippen molar-refractivity contribution in [2.45, 2.75) is 20.0 Å². The first-order valence-corrected chi connectivity index (χ1v) is 8.35. The van der Waals surface area contributed by atoms with Crippen LogP contribution >= 0.6 is 15.9 Å². The zero-order chi connectivity index (χ0) is 17.8. The van der Waals surface area contributed by atoms with Crippen molar-refractivity contribution < 1.29 is 18.4 Å². The standard InChI is InChI=1S/C18H15BrN2O4/c1-11-3-5-13(6-4-11)18-21-20-17(25-18)12(2)23-16(22)10-8-14-7-9-15(19)24-14/h3-10,12H,1-2H3/b10-8+/t12-/m1/s1. The highest BCUT2D eigenvalue weighted by molar-refractivity contribution is 9.10. The lowest BCUT2D eigenvalue weighted by molar-refractivity contribution is -0.143. The number of hydrogen-bond donors (Lipinski definition) is 0. The average molecular weight is 403 g/mol. The van der Waals surface area contributed by atoms with E-state index in [9.17, 15) is 4.79 Å². The minimum Gasteiger partial charge on any atom is -0.450 e. The molecule has 0 saturated heterocycles. The Balaban J connectivity index is 1.63. The molecule has 7 heteroatoms.